The third-order valence-electron chi connectivity index (χ3n) is 2.65. The summed E-state index contributed by atoms with van der Waals surface area (Å²) in [5, 5.41) is 0.434. The van der Waals surface area contributed by atoms with Crippen LogP contribution in [0.1, 0.15) is 17.2 Å². The van der Waals surface area contributed by atoms with Gasteiger partial charge in [-0.1, -0.05) is 29.8 Å². The van der Waals surface area contributed by atoms with Crippen LogP contribution in [-0.2, 0) is 0 Å². The predicted molar refractivity (Wildman–Crippen MR) is 67.0 cm³/mol. The van der Waals surface area contributed by atoms with Crippen LogP contribution in [0.4, 0.5) is 8.78 Å². The first-order valence-corrected chi connectivity index (χ1v) is 5.66. The summed E-state index contributed by atoms with van der Waals surface area (Å²) >= 11 is 6.03. The number of halogens is 3. The van der Waals surface area contributed by atoms with Gasteiger partial charge in [-0.15, -0.1) is 0 Å². The number of nitrogens with one attached hydrogen (secondary N) is 1. The Balaban J connectivity index is 2.52. The number of hydrogen-bond acceptors (Lipinski definition) is 2. The lowest BCUT2D eigenvalue weighted by Crippen LogP contribution is -2.29. The van der Waals surface area contributed by atoms with E-state index in [-0.39, 0.29) is 5.56 Å². The Morgan fingerprint density at radius 1 is 1.06 bits per heavy atom. The van der Waals surface area contributed by atoms with Gasteiger partial charge in [0.25, 0.3) is 0 Å². The summed E-state index contributed by atoms with van der Waals surface area (Å²) in [6.45, 7) is 0. The summed E-state index contributed by atoms with van der Waals surface area (Å²) in [6, 6.07) is 9.39. The summed E-state index contributed by atoms with van der Waals surface area (Å²) in [5.41, 5.74) is 3.16. The second-order valence-corrected chi connectivity index (χ2v) is 4.19. The molecule has 0 aromatic heterocycles. The second kappa shape index (κ2) is 5.44. The van der Waals surface area contributed by atoms with Crippen molar-refractivity contribution in [2.75, 3.05) is 0 Å². The molecule has 0 fully saturated rings. The molecule has 0 heterocycles. The maximum Gasteiger partial charge on any atom is 0.128 e. The van der Waals surface area contributed by atoms with Crippen LogP contribution >= 0.6 is 11.6 Å². The van der Waals surface area contributed by atoms with E-state index in [1.54, 1.807) is 24.3 Å². The van der Waals surface area contributed by atoms with E-state index in [9.17, 15) is 8.78 Å². The molecular weight excluding hydrogens is 258 g/mol. The molecule has 0 amide bonds. The van der Waals surface area contributed by atoms with Crippen molar-refractivity contribution in [1.82, 2.24) is 5.43 Å². The molecule has 2 rings (SSSR count). The Bertz CT molecular complexity index is 560. The molecule has 3 N–H and O–H groups in total. The van der Waals surface area contributed by atoms with Crippen LogP contribution in [0, 0.1) is 11.6 Å². The third-order valence-corrected chi connectivity index (χ3v) is 3.00. The van der Waals surface area contributed by atoms with Crippen molar-refractivity contribution in [3.63, 3.8) is 0 Å². The molecule has 94 valence electrons. The average molecular weight is 269 g/mol. The molecule has 0 radical (unpaired) electrons. The van der Waals surface area contributed by atoms with E-state index < -0.39 is 17.7 Å². The van der Waals surface area contributed by atoms with Gasteiger partial charge in [0.1, 0.15) is 11.6 Å². The van der Waals surface area contributed by atoms with Crippen molar-refractivity contribution in [1.29, 1.82) is 0 Å². The minimum atomic E-state index is -0.700. The maximum atomic E-state index is 13.7. The van der Waals surface area contributed by atoms with Crippen LogP contribution in [0.2, 0.25) is 5.02 Å². The van der Waals surface area contributed by atoms with Crippen molar-refractivity contribution >= 4 is 11.6 Å². The van der Waals surface area contributed by atoms with Gasteiger partial charge in [-0.05, 0) is 29.8 Å². The molecule has 2 aromatic rings. The quantitative estimate of drug-likeness (QED) is 0.663. The largest absolute Gasteiger partial charge is 0.271 e. The summed E-state index contributed by atoms with van der Waals surface area (Å²) in [5.74, 6) is 4.36. The molecule has 2 nitrogen and oxygen atoms in total. The van der Waals surface area contributed by atoms with Crippen LogP contribution in [0.15, 0.2) is 42.5 Å². The number of nitrogens with two attached hydrogens (primary N) is 1. The molecule has 0 saturated carbocycles. The van der Waals surface area contributed by atoms with E-state index in [1.165, 1.54) is 0 Å². The average Bonchev–Trinajstić information content (AvgIpc) is 2.36. The summed E-state index contributed by atoms with van der Waals surface area (Å²) in [7, 11) is 0. The highest BCUT2D eigenvalue weighted by molar-refractivity contribution is 6.31. The Hall–Kier alpha value is -1.49. The van der Waals surface area contributed by atoms with Crippen molar-refractivity contribution in [2.24, 2.45) is 5.84 Å². The van der Waals surface area contributed by atoms with Gasteiger partial charge < -0.3 is 0 Å². The first kappa shape index (κ1) is 13.0. The zero-order chi connectivity index (χ0) is 13.1. The zero-order valence-corrected chi connectivity index (χ0v) is 10.1. The van der Waals surface area contributed by atoms with E-state index in [0.717, 1.165) is 18.2 Å². The molecule has 18 heavy (non-hydrogen) atoms. The minimum Gasteiger partial charge on any atom is -0.271 e. The molecular formula is C13H11ClF2N2. The molecule has 0 aliphatic carbocycles. The number of hydrogen-bond donors (Lipinski definition) is 2. The normalized spacial score (nSPS) is 12.4. The number of hydrazine groups is 1. The number of rotatable bonds is 3. The fourth-order valence-corrected chi connectivity index (χ4v) is 2.04. The van der Waals surface area contributed by atoms with Gasteiger partial charge in [-0.3, -0.25) is 5.84 Å². The highest BCUT2D eigenvalue weighted by Gasteiger charge is 2.19. The van der Waals surface area contributed by atoms with Gasteiger partial charge in [0.2, 0.25) is 0 Å². The van der Waals surface area contributed by atoms with Crippen molar-refractivity contribution in [3.05, 3.63) is 70.2 Å². The monoisotopic (exact) mass is 268 g/mol. The van der Waals surface area contributed by atoms with Crippen LogP contribution in [0.25, 0.3) is 0 Å². The van der Waals surface area contributed by atoms with Crippen molar-refractivity contribution in [2.45, 2.75) is 6.04 Å². The fraction of sp³-hybridized carbons (Fsp3) is 0.0769. The molecule has 0 saturated heterocycles. The van der Waals surface area contributed by atoms with E-state index in [4.69, 9.17) is 17.4 Å². The zero-order valence-electron chi connectivity index (χ0n) is 9.33. The first-order valence-electron chi connectivity index (χ1n) is 5.29. The van der Waals surface area contributed by atoms with Crippen LogP contribution < -0.4 is 11.3 Å². The van der Waals surface area contributed by atoms with E-state index in [0.29, 0.717) is 10.6 Å². The maximum absolute atomic E-state index is 13.7. The molecule has 1 atom stereocenters. The van der Waals surface area contributed by atoms with Gasteiger partial charge in [-0.2, -0.15) is 0 Å². The van der Waals surface area contributed by atoms with Crippen molar-refractivity contribution < 1.29 is 8.78 Å². The molecule has 2 aromatic carbocycles. The van der Waals surface area contributed by atoms with E-state index in [2.05, 4.69) is 5.43 Å². The Morgan fingerprint density at radius 2 is 1.78 bits per heavy atom. The molecule has 0 aliphatic heterocycles. The smallest absolute Gasteiger partial charge is 0.128 e. The predicted octanol–water partition coefficient (Wildman–Crippen LogP) is 3.17. The topological polar surface area (TPSA) is 38.0 Å². The fourth-order valence-electron chi connectivity index (χ4n) is 1.79. The summed E-state index contributed by atoms with van der Waals surface area (Å²) in [6.07, 6.45) is 0. The molecule has 5 heteroatoms. The molecule has 0 aliphatic rings. The minimum absolute atomic E-state index is 0.116. The van der Waals surface area contributed by atoms with Crippen LogP contribution in [0.3, 0.4) is 0 Å². The van der Waals surface area contributed by atoms with Gasteiger partial charge >= 0.3 is 0 Å². The standard InChI is InChI=1S/C13H11ClF2N2/c14-11-4-2-1-3-9(11)13(18-17)10-7-8(15)5-6-12(10)16/h1-7,13,18H,17H2. The highest BCUT2D eigenvalue weighted by Crippen LogP contribution is 2.29. The third kappa shape index (κ3) is 2.51. The van der Waals surface area contributed by atoms with Crippen molar-refractivity contribution in [3.8, 4) is 0 Å². The lowest BCUT2D eigenvalue weighted by atomic mass is 9.98. The number of benzene rings is 2. The second-order valence-electron chi connectivity index (χ2n) is 3.79. The Kier molecular flexibility index (Phi) is 3.91. The van der Waals surface area contributed by atoms with Gasteiger partial charge in [0, 0.05) is 10.6 Å². The van der Waals surface area contributed by atoms with Gasteiger partial charge in [-0.25, -0.2) is 14.2 Å². The van der Waals surface area contributed by atoms with Crippen LogP contribution in [0.5, 0.6) is 0 Å². The van der Waals surface area contributed by atoms with E-state index >= 15 is 0 Å². The SMILES string of the molecule is NNC(c1cc(F)ccc1F)c1ccccc1Cl. The molecule has 1 unspecified atom stereocenters. The Labute approximate surface area is 108 Å². The summed E-state index contributed by atoms with van der Waals surface area (Å²) < 4.78 is 26.9. The highest BCUT2D eigenvalue weighted by atomic mass is 35.5. The summed E-state index contributed by atoms with van der Waals surface area (Å²) in [4.78, 5) is 0. The molecule has 0 spiro atoms. The molecule has 0 bridgehead atoms. The first-order chi connectivity index (χ1) is 8.63. The van der Waals surface area contributed by atoms with Gasteiger partial charge in [0.15, 0.2) is 0 Å². The van der Waals surface area contributed by atoms with Crippen LogP contribution in [-0.4, -0.2) is 0 Å². The lowest BCUT2D eigenvalue weighted by molar-refractivity contribution is 0.545. The lowest BCUT2D eigenvalue weighted by Gasteiger charge is -2.18. The Morgan fingerprint density at radius 3 is 2.44 bits per heavy atom. The van der Waals surface area contributed by atoms with E-state index in [1.807, 2.05) is 0 Å². The van der Waals surface area contributed by atoms with Gasteiger partial charge in [0.05, 0.1) is 6.04 Å².